The average molecular weight is 432 g/mol. The van der Waals surface area contributed by atoms with Crippen LogP contribution in [0.4, 0.5) is 15.8 Å². The van der Waals surface area contributed by atoms with Crippen LogP contribution in [-0.2, 0) is 19.1 Å². The summed E-state index contributed by atoms with van der Waals surface area (Å²) in [4.78, 5) is 40.4. The minimum Gasteiger partial charge on any atom is -0.370 e. The standard InChI is InChI=1S/C22H29FN4O4/c23-17-10-16(6-7-18(17)27-8-9-31-13-19(27)28)25-22(30)20(21(24)29)26(12-15-4-5-15)11-14-2-1-3-14/h6-7,10,14-15,20H,1-5,8-9,11-13H2,(H2,24,29)(H,25,30)/t20-/m0/s1. The van der Waals surface area contributed by atoms with Crippen molar-refractivity contribution in [1.82, 2.24) is 4.90 Å². The second kappa shape index (κ2) is 9.32. The van der Waals surface area contributed by atoms with E-state index in [1.807, 2.05) is 4.90 Å². The number of hydrogen-bond acceptors (Lipinski definition) is 5. The zero-order valence-corrected chi connectivity index (χ0v) is 17.5. The second-order valence-electron chi connectivity index (χ2n) is 8.75. The SMILES string of the molecule is NC(=O)[C@@H](C(=O)Nc1ccc(N2CCOCC2=O)c(F)c1)N(CC1CCC1)CC1CC1. The van der Waals surface area contributed by atoms with Crippen molar-refractivity contribution >= 4 is 29.1 Å². The number of rotatable bonds is 9. The molecular formula is C22H29FN4O4. The summed E-state index contributed by atoms with van der Waals surface area (Å²) in [5, 5.41) is 2.64. The molecule has 1 atom stereocenters. The number of halogens is 1. The number of amides is 3. The van der Waals surface area contributed by atoms with Crippen molar-refractivity contribution in [3.8, 4) is 0 Å². The van der Waals surface area contributed by atoms with Gasteiger partial charge in [-0.3, -0.25) is 19.3 Å². The Kier molecular flexibility index (Phi) is 6.52. The fourth-order valence-electron chi connectivity index (χ4n) is 4.19. The molecule has 3 aliphatic rings. The quantitative estimate of drug-likeness (QED) is 0.576. The van der Waals surface area contributed by atoms with E-state index >= 15 is 0 Å². The van der Waals surface area contributed by atoms with Crippen LogP contribution in [0.5, 0.6) is 0 Å². The van der Waals surface area contributed by atoms with Gasteiger partial charge in [0.1, 0.15) is 12.4 Å². The van der Waals surface area contributed by atoms with Gasteiger partial charge in [0.25, 0.3) is 11.8 Å². The van der Waals surface area contributed by atoms with Crippen molar-refractivity contribution in [2.45, 2.75) is 38.1 Å². The summed E-state index contributed by atoms with van der Waals surface area (Å²) in [6, 6.07) is 3.04. The van der Waals surface area contributed by atoms with Gasteiger partial charge in [-0.2, -0.15) is 0 Å². The van der Waals surface area contributed by atoms with Crippen LogP contribution < -0.4 is 16.0 Å². The van der Waals surface area contributed by atoms with Crippen LogP contribution in [0.25, 0.3) is 0 Å². The second-order valence-corrected chi connectivity index (χ2v) is 8.75. The smallest absolute Gasteiger partial charge is 0.253 e. The molecule has 4 rings (SSSR count). The van der Waals surface area contributed by atoms with Crippen molar-refractivity contribution in [3.05, 3.63) is 24.0 Å². The van der Waals surface area contributed by atoms with Gasteiger partial charge in [0, 0.05) is 25.3 Å². The molecule has 3 fully saturated rings. The Hall–Kier alpha value is -2.52. The van der Waals surface area contributed by atoms with Crippen molar-refractivity contribution < 1.29 is 23.5 Å². The molecule has 9 heteroatoms. The molecule has 1 saturated heterocycles. The predicted octanol–water partition coefficient (Wildman–Crippen LogP) is 1.49. The van der Waals surface area contributed by atoms with Gasteiger partial charge in [-0.05, 0) is 55.7 Å². The Balaban J connectivity index is 1.46. The van der Waals surface area contributed by atoms with Gasteiger partial charge in [0.2, 0.25) is 5.91 Å². The van der Waals surface area contributed by atoms with Crippen LogP contribution >= 0.6 is 0 Å². The van der Waals surface area contributed by atoms with Gasteiger partial charge < -0.3 is 20.7 Å². The molecule has 0 radical (unpaired) electrons. The molecular weight excluding hydrogens is 403 g/mol. The van der Waals surface area contributed by atoms with E-state index in [1.54, 1.807) is 0 Å². The molecule has 0 unspecified atom stereocenters. The molecule has 2 aliphatic carbocycles. The fraction of sp³-hybridized carbons (Fsp3) is 0.591. The van der Waals surface area contributed by atoms with Gasteiger partial charge in [-0.15, -0.1) is 0 Å². The normalized spacial score (nSPS) is 20.5. The summed E-state index contributed by atoms with van der Waals surface area (Å²) < 4.78 is 19.8. The number of carbonyl (C=O) groups excluding carboxylic acids is 3. The number of nitrogens with one attached hydrogen (secondary N) is 1. The van der Waals surface area contributed by atoms with Crippen molar-refractivity contribution in [2.24, 2.45) is 17.6 Å². The molecule has 3 amide bonds. The molecule has 1 aliphatic heterocycles. The first-order valence-corrected chi connectivity index (χ1v) is 10.9. The first-order valence-electron chi connectivity index (χ1n) is 10.9. The molecule has 1 aromatic rings. The maximum Gasteiger partial charge on any atom is 0.253 e. The van der Waals surface area contributed by atoms with Gasteiger partial charge in [-0.1, -0.05) is 6.42 Å². The largest absolute Gasteiger partial charge is 0.370 e. The maximum atomic E-state index is 14.7. The minimum atomic E-state index is -1.09. The first-order chi connectivity index (χ1) is 14.9. The number of nitrogens with zero attached hydrogens (tertiary/aromatic N) is 2. The van der Waals surface area contributed by atoms with Crippen LogP contribution in [-0.4, -0.2) is 61.5 Å². The molecule has 0 bridgehead atoms. The summed E-state index contributed by atoms with van der Waals surface area (Å²) in [6.07, 6.45) is 5.57. The Labute approximate surface area is 180 Å². The molecule has 0 spiro atoms. The van der Waals surface area contributed by atoms with Crippen LogP contribution in [0, 0.1) is 17.7 Å². The lowest BCUT2D eigenvalue weighted by Gasteiger charge is -2.35. The highest BCUT2D eigenvalue weighted by atomic mass is 19.1. The summed E-state index contributed by atoms with van der Waals surface area (Å²) >= 11 is 0. The number of benzene rings is 1. The average Bonchev–Trinajstić information content (AvgIpc) is 3.49. The van der Waals surface area contributed by atoms with Crippen LogP contribution in [0.15, 0.2) is 18.2 Å². The first kappa shape index (κ1) is 21.7. The maximum absolute atomic E-state index is 14.7. The highest BCUT2D eigenvalue weighted by Gasteiger charge is 2.37. The number of morpholine rings is 1. The Morgan fingerprint density at radius 3 is 2.48 bits per heavy atom. The van der Waals surface area contributed by atoms with Crippen LogP contribution in [0.3, 0.4) is 0 Å². The molecule has 8 nitrogen and oxygen atoms in total. The number of hydrogen-bond donors (Lipinski definition) is 2. The minimum absolute atomic E-state index is 0.0873. The van der Waals surface area contributed by atoms with E-state index in [1.165, 1.54) is 23.5 Å². The number of nitrogens with two attached hydrogens (primary N) is 1. The third-order valence-corrected chi connectivity index (χ3v) is 6.28. The summed E-state index contributed by atoms with van der Waals surface area (Å²) in [7, 11) is 0. The highest BCUT2D eigenvalue weighted by molar-refractivity contribution is 6.09. The molecule has 2 saturated carbocycles. The number of primary amides is 1. The van der Waals surface area contributed by atoms with Gasteiger partial charge >= 0.3 is 0 Å². The highest BCUT2D eigenvalue weighted by Crippen LogP contribution is 2.33. The fourth-order valence-corrected chi connectivity index (χ4v) is 4.19. The lowest BCUT2D eigenvalue weighted by atomic mass is 9.84. The molecule has 31 heavy (non-hydrogen) atoms. The molecule has 1 aromatic carbocycles. The van der Waals surface area contributed by atoms with E-state index in [9.17, 15) is 18.8 Å². The van der Waals surface area contributed by atoms with E-state index in [0.717, 1.165) is 31.7 Å². The number of ether oxygens (including phenoxy) is 1. The van der Waals surface area contributed by atoms with E-state index < -0.39 is 23.7 Å². The van der Waals surface area contributed by atoms with Crippen LogP contribution in [0.1, 0.15) is 32.1 Å². The monoisotopic (exact) mass is 432 g/mol. The lowest BCUT2D eigenvalue weighted by molar-refractivity contribution is -0.133. The molecule has 3 N–H and O–H groups in total. The van der Waals surface area contributed by atoms with Gasteiger partial charge in [0.15, 0.2) is 6.04 Å². The Morgan fingerprint density at radius 2 is 1.94 bits per heavy atom. The van der Waals surface area contributed by atoms with Crippen LogP contribution in [0.2, 0.25) is 0 Å². The Bertz CT molecular complexity index is 856. The number of anilines is 2. The number of carbonyl (C=O) groups is 3. The van der Waals surface area contributed by atoms with E-state index in [-0.39, 0.29) is 30.4 Å². The molecule has 1 heterocycles. The zero-order chi connectivity index (χ0) is 22.0. The van der Waals surface area contributed by atoms with Crippen molar-refractivity contribution in [3.63, 3.8) is 0 Å². The van der Waals surface area contributed by atoms with Crippen molar-refractivity contribution in [1.29, 1.82) is 0 Å². The third-order valence-electron chi connectivity index (χ3n) is 6.28. The summed E-state index contributed by atoms with van der Waals surface area (Å²) in [5.74, 6) is -1.22. The van der Waals surface area contributed by atoms with Crippen molar-refractivity contribution in [2.75, 3.05) is 43.1 Å². The predicted molar refractivity (Wildman–Crippen MR) is 113 cm³/mol. The zero-order valence-electron chi connectivity index (χ0n) is 17.5. The topological polar surface area (TPSA) is 105 Å². The Morgan fingerprint density at radius 1 is 1.23 bits per heavy atom. The van der Waals surface area contributed by atoms with E-state index in [2.05, 4.69) is 5.32 Å². The van der Waals surface area contributed by atoms with E-state index in [0.29, 0.717) is 31.5 Å². The molecule has 0 aromatic heterocycles. The third kappa shape index (κ3) is 5.22. The van der Waals surface area contributed by atoms with Gasteiger partial charge in [0.05, 0.1) is 12.3 Å². The van der Waals surface area contributed by atoms with Gasteiger partial charge in [-0.25, -0.2) is 4.39 Å². The molecule has 168 valence electrons. The van der Waals surface area contributed by atoms with E-state index in [4.69, 9.17) is 10.5 Å². The summed E-state index contributed by atoms with van der Waals surface area (Å²) in [5.41, 5.74) is 5.97. The lowest BCUT2D eigenvalue weighted by Crippen LogP contribution is -2.54. The summed E-state index contributed by atoms with van der Waals surface area (Å²) in [6.45, 7) is 1.86.